The van der Waals surface area contributed by atoms with Crippen LogP contribution in [0.1, 0.15) is 19.3 Å². The molecule has 6 heteroatoms. The molecule has 0 aliphatic rings. The second kappa shape index (κ2) is 7.58. The standard InChI is InChI=1S/C9H19NO5/c11-4-1-9(2-5-12,3-6-13)10-7-8(14)15/h10-13H,1-7H2,(H,14,15). The van der Waals surface area contributed by atoms with Crippen LogP contribution in [-0.4, -0.2) is 58.3 Å². The molecular weight excluding hydrogens is 202 g/mol. The molecule has 0 aliphatic carbocycles. The number of hydrogen-bond donors (Lipinski definition) is 5. The van der Waals surface area contributed by atoms with Crippen LogP contribution in [0.3, 0.4) is 0 Å². The van der Waals surface area contributed by atoms with E-state index in [4.69, 9.17) is 20.4 Å². The van der Waals surface area contributed by atoms with E-state index in [1.165, 1.54) is 0 Å². The average Bonchev–Trinajstić information content (AvgIpc) is 2.16. The van der Waals surface area contributed by atoms with Crippen molar-refractivity contribution in [2.24, 2.45) is 0 Å². The fraction of sp³-hybridized carbons (Fsp3) is 0.889. The van der Waals surface area contributed by atoms with Gasteiger partial charge in [0.05, 0.1) is 6.54 Å². The Labute approximate surface area is 88.5 Å². The van der Waals surface area contributed by atoms with E-state index in [2.05, 4.69) is 5.32 Å². The maximum absolute atomic E-state index is 10.4. The quantitative estimate of drug-likeness (QED) is 0.326. The Morgan fingerprint density at radius 1 is 1.00 bits per heavy atom. The maximum Gasteiger partial charge on any atom is 0.317 e. The van der Waals surface area contributed by atoms with Gasteiger partial charge in [0.2, 0.25) is 0 Å². The molecule has 15 heavy (non-hydrogen) atoms. The zero-order valence-corrected chi connectivity index (χ0v) is 8.65. The lowest BCUT2D eigenvalue weighted by atomic mass is 9.88. The van der Waals surface area contributed by atoms with Crippen molar-refractivity contribution < 1.29 is 25.2 Å². The van der Waals surface area contributed by atoms with Crippen LogP contribution in [0.25, 0.3) is 0 Å². The molecule has 0 aliphatic heterocycles. The van der Waals surface area contributed by atoms with Gasteiger partial charge >= 0.3 is 5.97 Å². The third-order valence-electron chi connectivity index (χ3n) is 2.39. The van der Waals surface area contributed by atoms with Gasteiger partial charge in [0.25, 0.3) is 0 Å². The first-order valence-electron chi connectivity index (χ1n) is 4.89. The first-order chi connectivity index (χ1) is 7.10. The van der Waals surface area contributed by atoms with E-state index in [-0.39, 0.29) is 26.4 Å². The fourth-order valence-electron chi connectivity index (χ4n) is 1.55. The van der Waals surface area contributed by atoms with E-state index in [9.17, 15) is 4.79 Å². The molecule has 0 atom stereocenters. The lowest BCUT2D eigenvalue weighted by Gasteiger charge is -2.33. The SMILES string of the molecule is O=C(O)CNC(CCO)(CCO)CCO. The Kier molecular flexibility index (Phi) is 7.23. The second-order valence-corrected chi connectivity index (χ2v) is 3.45. The number of rotatable bonds is 9. The Bertz CT molecular complexity index is 168. The van der Waals surface area contributed by atoms with Gasteiger partial charge in [-0.1, -0.05) is 0 Å². The molecule has 0 unspecified atom stereocenters. The van der Waals surface area contributed by atoms with Crippen LogP contribution in [0.2, 0.25) is 0 Å². The number of carbonyl (C=O) groups is 1. The van der Waals surface area contributed by atoms with Crippen molar-refractivity contribution in [1.29, 1.82) is 0 Å². The summed E-state index contributed by atoms with van der Waals surface area (Å²) in [6.45, 7) is -0.605. The summed E-state index contributed by atoms with van der Waals surface area (Å²) in [4.78, 5) is 10.4. The number of nitrogens with one attached hydrogen (secondary N) is 1. The first-order valence-corrected chi connectivity index (χ1v) is 4.89. The van der Waals surface area contributed by atoms with Gasteiger partial charge in [-0.3, -0.25) is 4.79 Å². The van der Waals surface area contributed by atoms with Gasteiger partial charge in [-0.2, -0.15) is 0 Å². The summed E-state index contributed by atoms with van der Waals surface area (Å²) in [5.41, 5.74) is -0.698. The van der Waals surface area contributed by atoms with E-state index < -0.39 is 11.5 Å². The average molecular weight is 221 g/mol. The van der Waals surface area contributed by atoms with Crippen molar-refractivity contribution >= 4 is 5.97 Å². The van der Waals surface area contributed by atoms with E-state index >= 15 is 0 Å². The van der Waals surface area contributed by atoms with Gasteiger partial charge in [-0.15, -0.1) is 0 Å². The number of carboxylic acid groups (broad SMARTS) is 1. The number of aliphatic carboxylic acids is 1. The monoisotopic (exact) mass is 221 g/mol. The number of aliphatic hydroxyl groups excluding tert-OH is 3. The van der Waals surface area contributed by atoms with Crippen molar-refractivity contribution in [3.05, 3.63) is 0 Å². The van der Waals surface area contributed by atoms with Crippen LogP contribution in [0.4, 0.5) is 0 Å². The van der Waals surface area contributed by atoms with Crippen LogP contribution < -0.4 is 5.32 Å². The number of hydrogen-bond acceptors (Lipinski definition) is 5. The topological polar surface area (TPSA) is 110 Å². The highest BCUT2D eigenvalue weighted by Crippen LogP contribution is 2.19. The Morgan fingerprint density at radius 3 is 1.67 bits per heavy atom. The highest BCUT2D eigenvalue weighted by atomic mass is 16.4. The van der Waals surface area contributed by atoms with Gasteiger partial charge in [0.1, 0.15) is 0 Å². The fourth-order valence-corrected chi connectivity index (χ4v) is 1.55. The van der Waals surface area contributed by atoms with Crippen LogP contribution in [0, 0.1) is 0 Å². The Morgan fingerprint density at radius 2 is 1.40 bits per heavy atom. The molecule has 0 rings (SSSR count). The molecule has 0 aromatic carbocycles. The summed E-state index contributed by atoms with van der Waals surface area (Å²) in [6, 6.07) is 0. The van der Waals surface area contributed by atoms with Gasteiger partial charge in [0, 0.05) is 25.4 Å². The minimum absolute atomic E-state index is 0.118. The van der Waals surface area contributed by atoms with Crippen LogP contribution in [0.5, 0.6) is 0 Å². The molecule has 0 aromatic heterocycles. The van der Waals surface area contributed by atoms with Crippen LogP contribution >= 0.6 is 0 Å². The molecule has 0 heterocycles. The van der Waals surface area contributed by atoms with Crippen molar-refractivity contribution in [2.75, 3.05) is 26.4 Å². The Balaban J connectivity index is 4.37. The highest BCUT2D eigenvalue weighted by molar-refractivity contribution is 5.69. The zero-order valence-electron chi connectivity index (χ0n) is 8.65. The van der Waals surface area contributed by atoms with Gasteiger partial charge < -0.3 is 25.7 Å². The molecule has 0 radical (unpaired) electrons. The van der Waals surface area contributed by atoms with Gasteiger partial charge in [-0.05, 0) is 19.3 Å². The van der Waals surface area contributed by atoms with E-state index in [0.717, 1.165) is 0 Å². The maximum atomic E-state index is 10.4. The van der Waals surface area contributed by atoms with E-state index in [1.54, 1.807) is 0 Å². The molecule has 0 spiro atoms. The Hall–Kier alpha value is -0.690. The number of carboxylic acids is 1. The van der Waals surface area contributed by atoms with Crippen molar-refractivity contribution in [1.82, 2.24) is 5.32 Å². The lowest BCUT2D eigenvalue weighted by molar-refractivity contribution is -0.136. The molecule has 90 valence electrons. The molecular formula is C9H19NO5. The largest absolute Gasteiger partial charge is 0.480 e. The molecule has 0 amide bonds. The molecule has 0 aromatic rings. The third-order valence-corrected chi connectivity index (χ3v) is 2.39. The number of aliphatic hydroxyl groups is 3. The first kappa shape index (κ1) is 14.3. The normalized spacial score (nSPS) is 11.7. The summed E-state index contributed by atoms with van der Waals surface area (Å²) in [7, 11) is 0. The highest BCUT2D eigenvalue weighted by Gasteiger charge is 2.28. The summed E-state index contributed by atoms with van der Waals surface area (Å²) in [5, 5.41) is 37.9. The van der Waals surface area contributed by atoms with Crippen LogP contribution in [0.15, 0.2) is 0 Å². The summed E-state index contributed by atoms with van der Waals surface area (Å²) in [6.07, 6.45) is 0.921. The van der Waals surface area contributed by atoms with Gasteiger partial charge in [0.15, 0.2) is 0 Å². The molecule has 0 saturated carbocycles. The molecule has 0 saturated heterocycles. The molecule has 0 fully saturated rings. The smallest absolute Gasteiger partial charge is 0.317 e. The molecule has 6 nitrogen and oxygen atoms in total. The van der Waals surface area contributed by atoms with Crippen molar-refractivity contribution in [3.63, 3.8) is 0 Å². The van der Waals surface area contributed by atoms with E-state index in [0.29, 0.717) is 19.3 Å². The lowest BCUT2D eigenvalue weighted by Crippen LogP contribution is -2.49. The zero-order chi connectivity index (χ0) is 11.7. The third kappa shape index (κ3) is 5.68. The summed E-state index contributed by atoms with van der Waals surface area (Å²) >= 11 is 0. The minimum Gasteiger partial charge on any atom is -0.480 e. The second-order valence-electron chi connectivity index (χ2n) is 3.45. The predicted molar refractivity (Wildman–Crippen MR) is 53.5 cm³/mol. The van der Waals surface area contributed by atoms with Crippen LogP contribution in [-0.2, 0) is 4.79 Å². The van der Waals surface area contributed by atoms with E-state index in [1.807, 2.05) is 0 Å². The van der Waals surface area contributed by atoms with Gasteiger partial charge in [-0.25, -0.2) is 0 Å². The van der Waals surface area contributed by atoms with Crippen molar-refractivity contribution in [2.45, 2.75) is 24.8 Å². The molecule has 0 bridgehead atoms. The van der Waals surface area contributed by atoms with Crippen molar-refractivity contribution in [3.8, 4) is 0 Å². The summed E-state index contributed by atoms with van der Waals surface area (Å²) < 4.78 is 0. The summed E-state index contributed by atoms with van der Waals surface area (Å²) in [5.74, 6) is -1.01. The minimum atomic E-state index is -1.01. The predicted octanol–water partition coefficient (Wildman–Crippen LogP) is -1.45. The molecule has 5 N–H and O–H groups in total.